The smallest absolute Gasteiger partial charge is 0.342 e. The third kappa shape index (κ3) is 5.26. The number of ketones is 1. The van der Waals surface area contributed by atoms with Gasteiger partial charge in [-0.15, -0.1) is 0 Å². The summed E-state index contributed by atoms with van der Waals surface area (Å²) in [6.07, 6.45) is 1.51. The average Bonchev–Trinajstić information content (AvgIpc) is 2.25. The standard InChI is InChI=1S/C15H17ClO3/c1-10(17)13(14(18)19-15(2,3)4)9-11-5-7-12(16)8-6-11/h5-9H,1-4H3/b13-9+. The van der Waals surface area contributed by atoms with Gasteiger partial charge >= 0.3 is 5.97 Å². The zero-order valence-electron chi connectivity index (χ0n) is 11.5. The van der Waals surface area contributed by atoms with Crippen LogP contribution in [0.4, 0.5) is 0 Å². The Balaban J connectivity index is 3.04. The maximum atomic E-state index is 11.9. The van der Waals surface area contributed by atoms with Crippen molar-refractivity contribution in [3.8, 4) is 0 Å². The Morgan fingerprint density at radius 2 is 1.68 bits per heavy atom. The molecule has 0 amide bonds. The van der Waals surface area contributed by atoms with Gasteiger partial charge in [0.25, 0.3) is 0 Å². The van der Waals surface area contributed by atoms with Crippen LogP contribution in [0.3, 0.4) is 0 Å². The molecule has 0 heterocycles. The normalized spacial score (nSPS) is 12.2. The molecule has 0 aliphatic carbocycles. The number of hydrogen-bond donors (Lipinski definition) is 0. The molecule has 0 aliphatic rings. The van der Waals surface area contributed by atoms with Crippen molar-refractivity contribution in [3.63, 3.8) is 0 Å². The molecule has 0 atom stereocenters. The lowest BCUT2D eigenvalue weighted by atomic mass is 10.1. The Labute approximate surface area is 118 Å². The first-order valence-corrected chi connectivity index (χ1v) is 6.28. The molecule has 0 spiro atoms. The van der Waals surface area contributed by atoms with Gasteiger partial charge in [0.2, 0.25) is 0 Å². The molecule has 0 unspecified atom stereocenters. The van der Waals surface area contributed by atoms with E-state index in [1.54, 1.807) is 45.0 Å². The fourth-order valence-corrected chi connectivity index (χ4v) is 1.49. The minimum absolute atomic E-state index is 0.0252. The Hall–Kier alpha value is -1.61. The molecule has 0 saturated heterocycles. The van der Waals surface area contributed by atoms with E-state index in [2.05, 4.69) is 0 Å². The number of ether oxygens (including phenoxy) is 1. The summed E-state index contributed by atoms with van der Waals surface area (Å²) in [5, 5.41) is 0.596. The molecule has 0 bridgehead atoms. The van der Waals surface area contributed by atoms with E-state index in [1.165, 1.54) is 13.0 Å². The lowest BCUT2D eigenvalue weighted by Crippen LogP contribution is -2.26. The second-order valence-corrected chi connectivity index (χ2v) is 5.60. The van der Waals surface area contributed by atoms with E-state index in [9.17, 15) is 9.59 Å². The van der Waals surface area contributed by atoms with Gasteiger partial charge in [0.05, 0.1) is 0 Å². The van der Waals surface area contributed by atoms with Crippen LogP contribution in [0.25, 0.3) is 6.08 Å². The van der Waals surface area contributed by atoms with Crippen LogP contribution in [0, 0.1) is 0 Å². The molecule has 0 radical (unpaired) electrons. The Morgan fingerprint density at radius 1 is 1.16 bits per heavy atom. The lowest BCUT2D eigenvalue weighted by molar-refractivity contribution is -0.150. The van der Waals surface area contributed by atoms with Crippen LogP contribution in [0.1, 0.15) is 33.3 Å². The van der Waals surface area contributed by atoms with Crippen molar-refractivity contribution in [2.75, 3.05) is 0 Å². The summed E-state index contributed by atoms with van der Waals surface area (Å²) in [4.78, 5) is 23.5. The summed E-state index contributed by atoms with van der Waals surface area (Å²) in [7, 11) is 0. The number of Topliss-reactive ketones (excluding diaryl/α,β-unsaturated/α-hetero) is 1. The zero-order chi connectivity index (χ0) is 14.6. The fraction of sp³-hybridized carbons (Fsp3) is 0.333. The van der Waals surface area contributed by atoms with Crippen molar-refractivity contribution in [2.45, 2.75) is 33.3 Å². The minimum Gasteiger partial charge on any atom is -0.456 e. The first-order chi connectivity index (χ1) is 8.69. The molecule has 0 N–H and O–H groups in total. The number of rotatable bonds is 3. The number of halogens is 1. The van der Waals surface area contributed by atoms with Crippen LogP contribution in [-0.4, -0.2) is 17.4 Å². The third-order valence-electron chi connectivity index (χ3n) is 2.18. The summed E-state index contributed by atoms with van der Waals surface area (Å²) in [6, 6.07) is 6.85. The van der Waals surface area contributed by atoms with Gasteiger partial charge in [0.1, 0.15) is 11.2 Å². The maximum Gasteiger partial charge on any atom is 0.342 e. The van der Waals surface area contributed by atoms with E-state index in [-0.39, 0.29) is 11.4 Å². The summed E-state index contributed by atoms with van der Waals surface area (Å²) in [6.45, 7) is 6.60. The molecule has 3 nitrogen and oxygen atoms in total. The highest BCUT2D eigenvalue weighted by molar-refractivity contribution is 6.30. The Morgan fingerprint density at radius 3 is 2.11 bits per heavy atom. The minimum atomic E-state index is -0.633. The quantitative estimate of drug-likeness (QED) is 0.367. The second-order valence-electron chi connectivity index (χ2n) is 5.17. The molecule has 0 saturated carbocycles. The van der Waals surface area contributed by atoms with Gasteiger partial charge < -0.3 is 4.74 Å². The van der Waals surface area contributed by atoms with Gasteiger partial charge in [-0.3, -0.25) is 4.79 Å². The van der Waals surface area contributed by atoms with Gasteiger partial charge in [0.15, 0.2) is 5.78 Å². The van der Waals surface area contributed by atoms with E-state index in [1.807, 2.05) is 0 Å². The fourth-order valence-electron chi connectivity index (χ4n) is 1.36. The molecule has 0 fully saturated rings. The molecule has 1 aromatic rings. The number of carbonyl (C=O) groups is 2. The summed E-state index contributed by atoms with van der Waals surface area (Å²) < 4.78 is 5.20. The van der Waals surface area contributed by atoms with Crippen molar-refractivity contribution in [2.24, 2.45) is 0 Å². The SMILES string of the molecule is CC(=O)/C(=C\c1ccc(Cl)cc1)C(=O)OC(C)(C)C. The Kier molecular flexibility index (Phi) is 4.90. The summed E-state index contributed by atoms with van der Waals surface area (Å²) in [5.74, 6) is -0.945. The van der Waals surface area contributed by atoms with E-state index in [4.69, 9.17) is 16.3 Å². The van der Waals surface area contributed by atoms with E-state index < -0.39 is 11.6 Å². The van der Waals surface area contributed by atoms with Crippen molar-refractivity contribution in [1.82, 2.24) is 0 Å². The molecule has 4 heteroatoms. The largest absolute Gasteiger partial charge is 0.456 e. The van der Waals surface area contributed by atoms with Crippen LogP contribution in [0.2, 0.25) is 5.02 Å². The molecular weight excluding hydrogens is 264 g/mol. The van der Waals surface area contributed by atoms with Crippen LogP contribution in [0.15, 0.2) is 29.8 Å². The monoisotopic (exact) mass is 280 g/mol. The number of hydrogen-bond acceptors (Lipinski definition) is 3. The number of benzene rings is 1. The third-order valence-corrected chi connectivity index (χ3v) is 2.43. The van der Waals surface area contributed by atoms with E-state index >= 15 is 0 Å². The molecular formula is C15H17ClO3. The highest BCUT2D eigenvalue weighted by atomic mass is 35.5. The molecule has 1 rings (SSSR count). The highest BCUT2D eigenvalue weighted by Gasteiger charge is 2.22. The second kappa shape index (κ2) is 6.02. The van der Waals surface area contributed by atoms with Gasteiger partial charge in [0, 0.05) is 5.02 Å². The molecule has 19 heavy (non-hydrogen) atoms. The molecule has 0 aromatic heterocycles. The van der Waals surface area contributed by atoms with Crippen molar-refractivity contribution < 1.29 is 14.3 Å². The van der Waals surface area contributed by atoms with Gasteiger partial charge in [-0.25, -0.2) is 4.79 Å². The van der Waals surface area contributed by atoms with Gasteiger partial charge in [-0.2, -0.15) is 0 Å². The van der Waals surface area contributed by atoms with Crippen molar-refractivity contribution in [3.05, 3.63) is 40.4 Å². The summed E-state index contributed by atoms with van der Waals surface area (Å²) >= 11 is 5.78. The topological polar surface area (TPSA) is 43.4 Å². The van der Waals surface area contributed by atoms with Crippen LogP contribution in [-0.2, 0) is 14.3 Å². The zero-order valence-corrected chi connectivity index (χ0v) is 12.2. The number of carbonyl (C=O) groups excluding carboxylic acids is 2. The van der Waals surface area contributed by atoms with Crippen molar-refractivity contribution >= 4 is 29.4 Å². The lowest BCUT2D eigenvalue weighted by Gasteiger charge is -2.19. The first-order valence-electron chi connectivity index (χ1n) is 5.90. The predicted octanol–water partition coefficient (Wildman–Crippen LogP) is 3.65. The summed E-state index contributed by atoms with van der Waals surface area (Å²) in [5.41, 5.74) is 0.115. The van der Waals surface area contributed by atoms with Crippen LogP contribution in [0.5, 0.6) is 0 Å². The first kappa shape index (κ1) is 15.4. The van der Waals surface area contributed by atoms with Crippen molar-refractivity contribution in [1.29, 1.82) is 0 Å². The van der Waals surface area contributed by atoms with Crippen LogP contribution < -0.4 is 0 Å². The molecule has 0 aliphatic heterocycles. The maximum absolute atomic E-state index is 11.9. The van der Waals surface area contributed by atoms with Gasteiger partial charge in [-0.1, -0.05) is 23.7 Å². The predicted molar refractivity (Wildman–Crippen MR) is 76.0 cm³/mol. The number of esters is 1. The van der Waals surface area contributed by atoms with Gasteiger partial charge in [-0.05, 0) is 51.5 Å². The Bertz CT molecular complexity index is 507. The molecule has 102 valence electrons. The van der Waals surface area contributed by atoms with E-state index in [0.29, 0.717) is 5.02 Å². The van der Waals surface area contributed by atoms with Crippen LogP contribution >= 0.6 is 11.6 Å². The average molecular weight is 281 g/mol. The van der Waals surface area contributed by atoms with E-state index in [0.717, 1.165) is 5.56 Å². The highest BCUT2D eigenvalue weighted by Crippen LogP contribution is 2.16. The molecule has 1 aromatic carbocycles.